The Hall–Kier alpha value is -1.89. The van der Waals surface area contributed by atoms with Crippen LogP contribution in [0.3, 0.4) is 0 Å². The van der Waals surface area contributed by atoms with Crippen molar-refractivity contribution in [1.29, 1.82) is 0 Å². The standard InChI is InChI=1S/C12H16N4O2S/c1-18-12(17)14-11(19)16-8-6-15(7-9-16)10-4-2-3-5-13-10/h2-5H,6-9H2,1H3,(H,14,17,19). The highest BCUT2D eigenvalue weighted by Gasteiger charge is 2.20. The van der Waals surface area contributed by atoms with Crippen LogP contribution in [0.15, 0.2) is 24.4 Å². The Bertz CT molecular complexity index is 446. The van der Waals surface area contributed by atoms with Crippen LogP contribution in [0.1, 0.15) is 0 Å². The number of anilines is 1. The zero-order chi connectivity index (χ0) is 13.7. The smallest absolute Gasteiger partial charge is 0.413 e. The van der Waals surface area contributed by atoms with Crippen molar-refractivity contribution >= 4 is 29.2 Å². The third kappa shape index (κ3) is 3.54. The summed E-state index contributed by atoms with van der Waals surface area (Å²) in [4.78, 5) is 19.5. The number of aromatic nitrogens is 1. The molecule has 0 bridgehead atoms. The van der Waals surface area contributed by atoms with Crippen molar-refractivity contribution in [3.05, 3.63) is 24.4 Å². The first-order valence-corrected chi connectivity index (χ1v) is 6.41. The number of piperazine rings is 1. The van der Waals surface area contributed by atoms with E-state index in [9.17, 15) is 4.79 Å². The van der Waals surface area contributed by atoms with Gasteiger partial charge in [0.1, 0.15) is 5.82 Å². The molecule has 1 aliphatic heterocycles. The van der Waals surface area contributed by atoms with Crippen LogP contribution < -0.4 is 10.2 Å². The molecule has 1 aromatic rings. The number of nitrogens with zero attached hydrogens (tertiary/aromatic N) is 3. The Balaban J connectivity index is 1.86. The van der Waals surface area contributed by atoms with Gasteiger partial charge in [-0.2, -0.15) is 0 Å². The Morgan fingerprint density at radius 1 is 1.37 bits per heavy atom. The second kappa shape index (κ2) is 6.33. The molecular weight excluding hydrogens is 264 g/mol. The average molecular weight is 280 g/mol. The third-order valence-corrected chi connectivity index (χ3v) is 3.29. The number of hydrogen-bond donors (Lipinski definition) is 1. The van der Waals surface area contributed by atoms with Gasteiger partial charge in [-0.3, -0.25) is 5.32 Å². The van der Waals surface area contributed by atoms with Gasteiger partial charge in [0, 0.05) is 32.4 Å². The number of alkyl carbamates (subject to hydrolysis) is 1. The van der Waals surface area contributed by atoms with Crippen LogP contribution in [0.2, 0.25) is 0 Å². The van der Waals surface area contributed by atoms with Crippen LogP contribution in [-0.2, 0) is 4.74 Å². The van der Waals surface area contributed by atoms with E-state index in [1.165, 1.54) is 7.11 Å². The number of amides is 1. The molecule has 1 aromatic heterocycles. The first kappa shape index (κ1) is 13.5. The fourth-order valence-electron chi connectivity index (χ4n) is 1.90. The van der Waals surface area contributed by atoms with E-state index >= 15 is 0 Å². The molecule has 0 unspecified atom stereocenters. The summed E-state index contributed by atoms with van der Waals surface area (Å²) < 4.78 is 4.52. The minimum Gasteiger partial charge on any atom is -0.453 e. The lowest BCUT2D eigenvalue weighted by molar-refractivity contribution is 0.175. The van der Waals surface area contributed by atoms with Crippen molar-refractivity contribution in [3.8, 4) is 0 Å². The van der Waals surface area contributed by atoms with Gasteiger partial charge in [0.2, 0.25) is 0 Å². The molecule has 0 aromatic carbocycles. The number of ether oxygens (including phenoxy) is 1. The summed E-state index contributed by atoms with van der Waals surface area (Å²) in [7, 11) is 1.32. The van der Waals surface area contributed by atoms with E-state index in [1.807, 2.05) is 23.1 Å². The maximum Gasteiger partial charge on any atom is 0.413 e. The number of pyridine rings is 1. The normalized spacial score (nSPS) is 15.0. The Morgan fingerprint density at radius 3 is 2.68 bits per heavy atom. The van der Waals surface area contributed by atoms with Crippen molar-refractivity contribution in [1.82, 2.24) is 15.2 Å². The predicted molar refractivity (Wildman–Crippen MR) is 76.2 cm³/mol. The predicted octanol–water partition coefficient (Wildman–Crippen LogP) is 0.845. The minimum absolute atomic E-state index is 0.410. The van der Waals surface area contributed by atoms with Crippen LogP contribution in [-0.4, -0.2) is 54.4 Å². The Kier molecular flexibility index (Phi) is 4.51. The van der Waals surface area contributed by atoms with E-state index in [4.69, 9.17) is 12.2 Å². The Morgan fingerprint density at radius 2 is 2.11 bits per heavy atom. The maximum absolute atomic E-state index is 11.1. The first-order valence-electron chi connectivity index (χ1n) is 6.00. The summed E-state index contributed by atoms with van der Waals surface area (Å²) >= 11 is 5.15. The molecule has 7 heteroatoms. The molecule has 6 nitrogen and oxygen atoms in total. The number of thiocarbonyl (C=S) groups is 1. The minimum atomic E-state index is -0.530. The summed E-state index contributed by atoms with van der Waals surface area (Å²) in [5, 5.41) is 2.93. The van der Waals surface area contributed by atoms with Crippen LogP contribution in [0.4, 0.5) is 10.6 Å². The van der Waals surface area contributed by atoms with E-state index in [1.54, 1.807) is 6.20 Å². The molecule has 2 heterocycles. The number of hydrogen-bond acceptors (Lipinski definition) is 5. The summed E-state index contributed by atoms with van der Waals surface area (Å²) in [5.74, 6) is 0.967. The highest BCUT2D eigenvalue weighted by molar-refractivity contribution is 7.80. The van der Waals surface area contributed by atoms with Crippen molar-refractivity contribution in [2.24, 2.45) is 0 Å². The zero-order valence-electron chi connectivity index (χ0n) is 10.7. The lowest BCUT2D eigenvalue weighted by atomic mass is 10.3. The summed E-state index contributed by atoms with van der Waals surface area (Å²) in [6.07, 6.45) is 1.25. The Labute approximate surface area is 117 Å². The van der Waals surface area contributed by atoms with Crippen LogP contribution >= 0.6 is 12.2 Å². The van der Waals surface area contributed by atoms with E-state index in [-0.39, 0.29) is 0 Å². The highest BCUT2D eigenvalue weighted by Crippen LogP contribution is 2.12. The van der Waals surface area contributed by atoms with E-state index < -0.39 is 6.09 Å². The summed E-state index contributed by atoms with van der Waals surface area (Å²) in [5.41, 5.74) is 0. The molecule has 1 aliphatic rings. The van der Waals surface area contributed by atoms with Gasteiger partial charge < -0.3 is 14.5 Å². The summed E-state index contributed by atoms with van der Waals surface area (Å²) in [6, 6.07) is 5.86. The lowest BCUT2D eigenvalue weighted by Crippen LogP contribution is -2.52. The SMILES string of the molecule is COC(=O)NC(=S)N1CCN(c2ccccn2)CC1. The van der Waals surface area contributed by atoms with Gasteiger partial charge in [0.05, 0.1) is 7.11 Å². The number of carbonyl (C=O) groups is 1. The molecule has 102 valence electrons. The topological polar surface area (TPSA) is 57.7 Å². The average Bonchev–Trinajstić information content (AvgIpc) is 2.48. The van der Waals surface area contributed by atoms with Crippen LogP contribution in [0.25, 0.3) is 0 Å². The molecule has 2 rings (SSSR count). The van der Waals surface area contributed by atoms with E-state index in [0.717, 1.165) is 32.0 Å². The number of carbonyl (C=O) groups excluding carboxylic acids is 1. The van der Waals surface area contributed by atoms with Crippen molar-refractivity contribution < 1.29 is 9.53 Å². The quantitative estimate of drug-likeness (QED) is 0.770. The fraction of sp³-hybridized carbons (Fsp3) is 0.417. The van der Waals surface area contributed by atoms with E-state index in [2.05, 4.69) is 19.9 Å². The molecule has 0 atom stereocenters. The van der Waals surface area contributed by atoms with E-state index in [0.29, 0.717) is 5.11 Å². The molecule has 1 fully saturated rings. The molecule has 0 radical (unpaired) electrons. The van der Waals surface area contributed by atoms with Crippen molar-refractivity contribution in [2.45, 2.75) is 0 Å². The molecule has 1 amide bonds. The van der Waals surface area contributed by atoms with Gasteiger partial charge in [0.15, 0.2) is 5.11 Å². The van der Waals surface area contributed by atoms with Gasteiger partial charge in [-0.25, -0.2) is 9.78 Å². The second-order valence-electron chi connectivity index (χ2n) is 4.08. The lowest BCUT2D eigenvalue weighted by Gasteiger charge is -2.36. The molecule has 1 N–H and O–H groups in total. The molecule has 1 saturated heterocycles. The zero-order valence-corrected chi connectivity index (χ0v) is 11.5. The van der Waals surface area contributed by atoms with Gasteiger partial charge >= 0.3 is 6.09 Å². The van der Waals surface area contributed by atoms with Crippen LogP contribution in [0.5, 0.6) is 0 Å². The van der Waals surface area contributed by atoms with Crippen molar-refractivity contribution in [3.63, 3.8) is 0 Å². The first-order chi connectivity index (χ1) is 9.20. The number of rotatable bonds is 1. The molecular formula is C12H16N4O2S. The van der Waals surface area contributed by atoms with Crippen LogP contribution in [0, 0.1) is 0 Å². The fourth-order valence-corrected chi connectivity index (χ4v) is 2.16. The molecule has 0 spiro atoms. The maximum atomic E-state index is 11.1. The molecule has 19 heavy (non-hydrogen) atoms. The van der Waals surface area contributed by atoms with Gasteiger partial charge in [-0.05, 0) is 24.4 Å². The molecule has 0 aliphatic carbocycles. The number of methoxy groups -OCH3 is 1. The summed E-state index contributed by atoms with van der Waals surface area (Å²) in [6.45, 7) is 3.14. The van der Waals surface area contributed by atoms with Gasteiger partial charge in [-0.15, -0.1) is 0 Å². The molecule has 0 saturated carbocycles. The highest BCUT2D eigenvalue weighted by atomic mass is 32.1. The van der Waals surface area contributed by atoms with Gasteiger partial charge in [0.25, 0.3) is 0 Å². The number of nitrogens with one attached hydrogen (secondary N) is 1. The van der Waals surface area contributed by atoms with Gasteiger partial charge in [-0.1, -0.05) is 6.07 Å². The largest absolute Gasteiger partial charge is 0.453 e. The van der Waals surface area contributed by atoms with Crippen molar-refractivity contribution in [2.75, 3.05) is 38.2 Å². The third-order valence-electron chi connectivity index (χ3n) is 2.93. The monoisotopic (exact) mass is 280 g/mol. The second-order valence-corrected chi connectivity index (χ2v) is 4.47.